The molecule has 0 unspecified atom stereocenters. The van der Waals surface area contributed by atoms with Crippen LogP contribution in [0.4, 0.5) is 0 Å². The molecule has 0 bridgehead atoms. The number of hydrogen-bond acceptors (Lipinski definition) is 5. The smallest absolute Gasteiger partial charge is 0.259 e. The first kappa shape index (κ1) is 18.0. The van der Waals surface area contributed by atoms with E-state index in [2.05, 4.69) is 4.98 Å². The molecule has 0 saturated carbocycles. The maximum atomic E-state index is 12.0. The first-order valence-electron chi connectivity index (χ1n) is 7.51. The molecule has 0 fully saturated rings. The standard InChI is InChI=1S/C18H15N3O3S2/c19-18(25)24-13-10-15(14-8-4-5-9-16(14)26(20,22)23)17(21-11-13)12-6-2-1-3-7-12/h1-11H,(H2,19,25)(H2,20,22,23). The second kappa shape index (κ2) is 7.20. The molecule has 4 N–H and O–H groups in total. The monoisotopic (exact) mass is 385 g/mol. The number of primary sulfonamides is 1. The summed E-state index contributed by atoms with van der Waals surface area (Å²) >= 11 is 4.76. The highest BCUT2D eigenvalue weighted by molar-refractivity contribution is 7.89. The predicted octanol–water partition coefficient (Wildman–Crippen LogP) is 2.69. The molecule has 0 aliphatic heterocycles. The summed E-state index contributed by atoms with van der Waals surface area (Å²) in [4.78, 5) is 4.42. The number of aromatic nitrogens is 1. The molecule has 0 saturated heterocycles. The van der Waals surface area contributed by atoms with Gasteiger partial charge < -0.3 is 10.5 Å². The quantitative estimate of drug-likeness (QED) is 0.669. The Balaban J connectivity index is 2.30. The maximum absolute atomic E-state index is 12.0. The van der Waals surface area contributed by atoms with Crippen LogP contribution in [0, 0.1) is 0 Å². The summed E-state index contributed by atoms with van der Waals surface area (Å²) in [6.07, 6.45) is 1.48. The molecular weight excluding hydrogens is 370 g/mol. The number of nitrogens with two attached hydrogens (primary N) is 2. The average Bonchev–Trinajstić information content (AvgIpc) is 2.61. The molecule has 0 aliphatic carbocycles. The fraction of sp³-hybridized carbons (Fsp3) is 0. The number of nitrogens with zero attached hydrogens (tertiary/aromatic N) is 1. The van der Waals surface area contributed by atoms with Crippen LogP contribution in [0.1, 0.15) is 0 Å². The highest BCUT2D eigenvalue weighted by Gasteiger charge is 2.19. The van der Waals surface area contributed by atoms with Crippen LogP contribution in [0.2, 0.25) is 0 Å². The highest BCUT2D eigenvalue weighted by Crippen LogP contribution is 2.36. The van der Waals surface area contributed by atoms with E-state index in [1.807, 2.05) is 30.3 Å². The summed E-state index contributed by atoms with van der Waals surface area (Å²) in [6, 6.07) is 17.4. The van der Waals surface area contributed by atoms with Crippen molar-refractivity contribution in [3.8, 4) is 28.1 Å². The van der Waals surface area contributed by atoms with E-state index in [4.69, 9.17) is 27.8 Å². The van der Waals surface area contributed by atoms with Crippen LogP contribution in [-0.2, 0) is 10.0 Å². The fourth-order valence-corrected chi connectivity index (χ4v) is 3.44. The van der Waals surface area contributed by atoms with Gasteiger partial charge >= 0.3 is 0 Å². The van der Waals surface area contributed by atoms with Crippen LogP contribution in [0.5, 0.6) is 5.75 Å². The molecule has 1 aromatic heterocycles. The Morgan fingerprint density at radius 2 is 1.65 bits per heavy atom. The van der Waals surface area contributed by atoms with E-state index in [0.717, 1.165) is 5.56 Å². The largest absolute Gasteiger partial charge is 0.430 e. The number of ether oxygens (including phenoxy) is 1. The van der Waals surface area contributed by atoms with E-state index < -0.39 is 10.0 Å². The first-order valence-corrected chi connectivity index (χ1v) is 9.46. The number of rotatable bonds is 4. The van der Waals surface area contributed by atoms with Gasteiger partial charge in [-0.05, 0) is 24.4 Å². The SMILES string of the molecule is NC(=S)Oc1cnc(-c2ccccc2)c(-c2ccccc2S(N)(=O)=O)c1. The molecule has 0 atom stereocenters. The van der Waals surface area contributed by atoms with Gasteiger partial charge in [0.2, 0.25) is 10.0 Å². The summed E-state index contributed by atoms with van der Waals surface area (Å²) in [5.74, 6) is 0.302. The van der Waals surface area contributed by atoms with E-state index >= 15 is 0 Å². The van der Waals surface area contributed by atoms with Gasteiger partial charge in [-0.3, -0.25) is 4.98 Å². The Bertz CT molecular complexity index is 1070. The number of pyridine rings is 1. The molecule has 8 heteroatoms. The second-order valence-electron chi connectivity index (χ2n) is 5.40. The van der Waals surface area contributed by atoms with Crippen molar-refractivity contribution in [3.05, 3.63) is 66.9 Å². The van der Waals surface area contributed by atoms with Gasteiger partial charge in [0, 0.05) is 16.7 Å². The Kier molecular flexibility index (Phi) is 4.99. The number of sulfonamides is 1. The summed E-state index contributed by atoms with van der Waals surface area (Å²) in [5.41, 5.74) is 7.77. The third-order valence-electron chi connectivity index (χ3n) is 3.61. The van der Waals surface area contributed by atoms with E-state index in [0.29, 0.717) is 22.6 Å². The minimum absolute atomic E-state index is 0.00791. The van der Waals surface area contributed by atoms with Crippen LogP contribution in [-0.4, -0.2) is 18.6 Å². The molecule has 26 heavy (non-hydrogen) atoms. The van der Waals surface area contributed by atoms with E-state index in [9.17, 15) is 8.42 Å². The Morgan fingerprint density at radius 3 is 2.31 bits per heavy atom. The minimum Gasteiger partial charge on any atom is -0.430 e. The predicted molar refractivity (Wildman–Crippen MR) is 104 cm³/mol. The number of benzene rings is 2. The Labute approximate surface area is 156 Å². The number of thiocarbonyl (C=S) groups is 1. The molecule has 0 spiro atoms. The van der Waals surface area contributed by atoms with Crippen LogP contribution in [0.3, 0.4) is 0 Å². The molecule has 2 aromatic carbocycles. The first-order chi connectivity index (χ1) is 12.4. The lowest BCUT2D eigenvalue weighted by Crippen LogP contribution is -2.16. The Morgan fingerprint density at radius 1 is 1.00 bits per heavy atom. The fourth-order valence-electron chi connectivity index (χ4n) is 2.59. The summed E-state index contributed by atoms with van der Waals surface area (Å²) in [6.45, 7) is 0. The van der Waals surface area contributed by atoms with Crippen molar-refractivity contribution in [1.29, 1.82) is 0 Å². The Hall–Kier alpha value is -2.81. The normalized spacial score (nSPS) is 11.1. The van der Waals surface area contributed by atoms with Crippen molar-refractivity contribution in [1.82, 2.24) is 4.98 Å². The van der Waals surface area contributed by atoms with Gasteiger partial charge in [0.15, 0.2) is 0 Å². The van der Waals surface area contributed by atoms with Gasteiger partial charge in [-0.25, -0.2) is 13.6 Å². The van der Waals surface area contributed by atoms with Crippen LogP contribution < -0.4 is 15.6 Å². The number of hydrogen-bond donors (Lipinski definition) is 2. The van der Waals surface area contributed by atoms with Crippen molar-refractivity contribution in [2.24, 2.45) is 10.9 Å². The molecule has 0 radical (unpaired) electrons. The minimum atomic E-state index is -3.94. The topological polar surface area (TPSA) is 108 Å². The van der Waals surface area contributed by atoms with Gasteiger partial charge in [0.25, 0.3) is 5.17 Å². The van der Waals surface area contributed by atoms with Crippen molar-refractivity contribution in [3.63, 3.8) is 0 Å². The van der Waals surface area contributed by atoms with E-state index in [1.54, 1.807) is 24.3 Å². The van der Waals surface area contributed by atoms with Gasteiger partial charge in [-0.15, -0.1) is 0 Å². The third-order valence-corrected chi connectivity index (χ3v) is 4.66. The zero-order valence-electron chi connectivity index (χ0n) is 13.5. The van der Waals surface area contributed by atoms with Gasteiger partial charge in [-0.2, -0.15) is 0 Å². The highest BCUT2D eigenvalue weighted by atomic mass is 32.2. The van der Waals surface area contributed by atoms with Crippen molar-refractivity contribution in [2.45, 2.75) is 4.90 Å². The molecular formula is C18H15N3O3S2. The lowest BCUT2D eigenvalue weighted by atomic mass is 9.99. The average molecular weight is 385 g/mol. The molecule has 3 rings (SSSR count). The lowest BCUT2D eigenvalue weighted by molar-refractivity contribution is 0.554. The van der Waals surface area contributed by atoms with Crippen molar-refractivity contribution >= 4 is 27.4 Å². The second-order valence-corrected chi connectivity index (χ2v) is 7.33. The van der Waals surface area contributed by atoms with E-state index in [1.165, 1.54) is 12.3 Å². The summed E-state index contributed by atoms with van der Waals surface area (Å²) < 4.78 is 29.3. The molecule has 3 aromatic rings. The molecule has 6 nitrogen and oxygen atoms in total. The summed E-state index contributed by atoms with van der Waals surface area (Å²) in [7, 11) is -3.94. The molecule has 0 aliphatic rings. The van der Waals surface area contributed by atoms with E-state index in [-0.39, 0.29) is 10.1 Å². The van der Waals surface area contributed by atoms with Crippen LogP contribution in [0.25, 0.3) is 22.4 Å². The zero-order valence-corrected chi connectivity index (χ0v) is 15.1. The third kappa shape index (κ3) is 3.88. The lowest BCUT2D eigenvalue weighted by Gasteiger charge is -2.14. The van der Waals surface area contributed by atoms with Gasteiger partial charge in [0.1, 0.15) is 5.75 Å². The molecule has 0 amide bonds. The van der Waals surface area contributed by atoms with Crippen molar-refractivity contribution < 1.29 is 13.2 Å². The van der Waals surface area contributed by atoms with Crippen LogP contribution in [0.15, 0.2) is 71.8 Å². The molecule has 1 heterocycles. The molecule has 132 valence electrons. The van der Waals surface area contributed by atoms with Crippen LogP contribution >= 0.6 is 12.2 Å². The van der Waals surface area contributed by atoms with Gasteiger partial charge in [-0.1, -0.05) is 48.5 Å². The van der Waals surface area contributed by atoms with Crippen molar-refractivity contribution in [2.75, 3.05) is 0 Å². The zero-order chi connectivity index (χ0) is 18.7. The van der Waals surface area contributed by atoms with Gasteiger partial charge in [0.05, 0.1) is 16.8 Å². The summed E-state index contributed by atoms with van der Waals surface area (Å²) in [5, 5.41) is 5.22. The maximum Gasteiger partial charge on any atom is 0.259 e.